The van der Waals surface area contributed by atoms with E-state index in [2.05, 4.69) is 32.3 Å². The van der Waals surface area contributed by atoms with Crippen LogP contribution in [0.1, 0.15) is 29.2 Å². The lowest BCUT2D eigenvalue weighted by molar-refractivity contribution is -0.274. The van der Waals surface area contributed by atoms with Crippen molar-refractivity contribution in [1.82, 2.24) is 5.43 Å². The van der Waals surface area contributed by atoms with E-state index in [-0.39, 0.29) is 11.7 Å². The molecule has 0 unspecified atom stereocenters. The van der Waals surface area contributed by atoms with Gasteiger partial charge in [0.15, 0.2) is 5.17 Å². The van der Waals surface area contributed by atoms with Gasteiger partial charge in [0.05, 0.1) is 23.3 Å². The van der Waals surface area contributed by atoms with Crippen molar-refractivity contribution >= 4 is 46.3 Å². The van der Waals surface area contributed by atoms with Gasteiger partial charge in [-0.15, -0.1) is 18.3 Å². The first-order valence-electron chi connectivity index (χ1n) is 12.4. The normalized spacial score (nSPS) is 16.7. The fourth-order valence-corrected chi connectivity index (χ4v) is 5.13. The van der Waals surface area contributed by atoms with Gasteiger partial charge in [-0.1, -0.05) is 61.2 Å². The minimum atomic E-state index is -4.73. The Hall–Kier alpha value is -4.32. The number of aliphatic imine (C=N–C) groups is 1. The lowest BCUT2D eigenvalue weighted by Gasteiger charge is -2.21. The van der Waals surface area contributed by atoms with Crippen LogP contribution in [0.25, 0.3) is 0 Å². The van der Waals surface area contributed by atoms with E-state index in [1.807, 2.05) is 49.4 Å². The van der Waals surface area contributed by atoms with Crippen LogP contribution in [0.4, 0.5) is 24.5 Å². The summed E-state index contributed by atoms with van der Waals surface area (Å²) in [6.07, 6.45) is -2.31. The number of para-hydroxylation sites is 1. The smallest absolute Gasteiger partial charge is 0.406 e. The van der Waals surface area contributed by atoms with Crippen LogP contribution in [-0.2, 0) is 11.2 Å². The molecule has 1 N–H and O–H groups in total. The van der Waals surface area contributed by atoms with E-state index in [0.29, 0.717) is 29.1 Å². The van der Waals surface area contributed by atoms with Crippen molar-refractivity contribution in [3.63, 3.8) is 0 Å². The number of alkyl halides is 3. The SMILES string of the molecule is CCc1cccc(C)c1N1C(=O)CS/C1=N\N=C\c1ccc(C2=NCN(c3ccc(OC(F)(F)F)cc3)N2)cc1. The number of ether oxygens (including phenoxy) is 1. The maximum atomic E-state index is 12.7. The number of anilines is 2. The fourth-order valence-electron chi connectivity index (χ4n) is 4.32. The van der Waals surface area contributed by atoms with Gasteiger partial charge in [0, 0.05) is 5.56 Å². The monoisotopic (exact) mass is 566 g/mol. The first-order valence-corrected chi connectivity index (χ1v) is 13.4. The molecule has 2 aliphatic rings. The average molecular weight is 567 g/mol. The molecule has 40 heavy (non-hydrogen) atoms. The summed E-state index contributed by atoms with van der Waals surface area (Å²) in [6.45, 7) is 4.34. The third-order valence-corrected chi connectivity index (χ3v) is 7.13. The maximum Gasteiger partial charge on any atom is 0.573 e. The molecule has 206 valence electrons. The molecular weight excluding hydrogens is 541 g/mol. The summed E-state index contributed by atoms with van der Waals surface area (Å²) in [5.41, 5.74) is 8.41. The fraction of sp³-hybridized carbons (Fsp3) is 0.214. The summed E-state index contributed by atoms with van der Waals surface area (Å²) in [4.78, 5) is 18.8. The number of thioether (sulfide) groups is 1. The number of aryl methyl sites for hydroxylation is 2. The predicted octanol–water partition coefficient (Wildman–Crippen LogP) is 5.65. The molecular formula is C28H25F3N6O2S. The molecule has 12 heteroatoms. The van der Waals surface area contributed by atoms with Crippen molar-refractivity contribution in [1.29, 1.82) is 0 Å². The molecule has 3 aromatic carbocycles. The number of amidine groups is 2. The first-order chi connectivity index (χ1) is 19.2. The van der Waals surface area contributed by atoms with Crippen LogP contribution >= 0.6 is 11.8 Å². The van der Waals surface area contributed by atoms with Gasteiger partial charge in [0.1, 0.15) is 18.3 Å². The van der Waals surface area contributed by atoms with Gasteiger partial charge in [-0.2, -0.15) is 5.10 Å². The molecule has 0 aromatic heterocycles. The molecule has 0 aliphatic carbocycles. The predicted molar refractivity (Wildman–Crippen MR) is 152 cm³/mol. The van der Waals surface area contributed by atoms with E-state index in [1.54, 1.807) is 16.1 Å². The molecule has 0 saturated carbocycles. The molecule has 3 aromatic rings. The van der Waals surface area contributed by atoms with Gasteiger partial charge in [0.25, 0.3) is 0 Å². The average Bonchev–Trinajstić information content (AvgIpc) is 3.56. The number of nitrogens with zero attached hydrogens (tertiary/aromatic N) is 5. The van der Waals surface area contributed by atoms with Crippen molar-refractivity contribution in [3.8, 4) is 5.75 Å². The molecule has 0 bridgehead atoms. The van der Waals surface area contributed by atoms with E-state index >= 15 is 0 Å². The molecule has 2 heterocycles. The van der Waals surface area contributed by atoms with Crippen LogP contribution in [0.2, 0.25) is 0 Å². The van der Waals surface area contributed by atoms with Crippen LogP contribution < -0.4 is 20.1 Å². The second kappa shape index (κ2) is 11.4. The largest absolute Gasteiger partial charge is 0.573 e. The Bertz CT molecular complexity index is 1490. The number of halogens is 3. The molecule has 0 radical (unpaired) electrons. The number of amides is 1. The second-order valence-electron chi connectivity index (χ2n) is 8.93. The number of carbonyl (C=O) groups is 1. The number of hydrogen-bond acceptors (Lipinski definition) is 8. The third kappa shape index (κ3) is 6.12. The summed E-state index contributed by atoms with van der Waals surface area (Å²) >= 11 is 1.36. The van der Waals surface area contributed by atoms with E-state index in [1.165, 1.54) is 36.0 Å². The highest BCUT2D eigenvalue weighted by Crippen LogP contribution is 2.33. The Kier molecular flexibility index (Phi) is 7.78. The number of nitrogens with one attached hydrogen (secondary N) is 1. The number of rotatable bonds is 7. The number of carbonyl (C=O) groups excluding carboxylic acids is 1. The number of hydrogen-bond donors (Lipinski definition) is 1. The minimum absolute atomic E-state index is 0.0169. The Morgan fingerprint density at radius 3 is 2.55 bits per heavy atom. The molecule has 8 nitrogen and oxygen atoms in total. The van der Waals surface area contributed by atoms with Crippen molar-refractivity contribution < 1.29 is 22.7 Å². The Morgan fingerprint density at radius 1 is 1.10 bits per heavy atom. The summed E-state index contributed by atoms with van der Waals surface area (Å²) in [7, 11) is 0. The van der Waals surface area contributed by atoms with E-state index < -0.39 is 6.36 Å². The zero-order valence-corrected chi connectivity index (χ0v) is 22.5. The van der Waals surface area contributed by atoms with Gasteiger partial charge in [-0.25, -0.2) is 4.99 Å². The second-order valence-corrected chi connectivity index (χ2v) is 9.88. The highest BCUT2D eigenvalue weighted by molar-refractivity contribution is 8.15. The van der Waals surface area contributed by atoms with Gasteiger partial charge >= 0.3 is 6.36 Å². The summed E-state index contributed by atoms with van der Waals surface area (Å²) in [5, 5.41) is 10.9. The molecule has 0 atom stereocenters. The number of benzene rings is 3. The molecule has 1 fully saturated rings. The Balaban J connectivity index is 1.23. The highest BCUT2D eigenvalue weighted by Gasteiger charge is 2.32. The molecule has 0 spiro atoms. The van der Waals surface area contributed by atoms with Crippen molar-refractivity contribution in [2.75, 3.05) is 22.3 Å². The van der Waals surface area contributed by atoms with Crippen molar-refractivity contribution in [3.05, 3.63) is 89.0 Å². The molecule has 1 amide bonds. The Morgan fingerprint density at radius 2 is 1.85 bits per heavy atom. The standard InChI is InChI=1S/C28H25F3N6O2S/c1-3-20-6-4-5-18(2)25(20)37-24(38)16-40-27(37)34-33-15-19-7-9-21(10-8-19)26-32-17-36(35-26)22-11-13-23(14-12-22)39-28(29,30)31/h4-15H,3,16-17H2,1-2H3,(H,32,35)/b33-15+,34-27-. The first kappa shape index (κ1) is 27.3. The van der Waals surface area contributed by atoms with Crippen LogP contribution in [0.5, 0.6) is 5.75 Å². The topological polar surface area (TPSA) is 81.9 Å². The van der Waals surface area contributed by atoms with Crippen LogP contribution in [0.3, 0.4) is 0 Å². The van der Waals surface area contributed by atoms with Crippen LogP contribution in [0.15, 0.2) is 81.9 Å². The quantitative estimate of drug-likeness (QED) is 0.295. The van der Waals surface area contributed by atoms with Crippen molar-refractivity contribution in [2.45, 2.75) is 26.6 Å². The highest BCUT2D eigenvalue weighted by atomic mass is 32.2. The Labute approximate surface area is 233 Å². The molecule has 1 saturated heterocycles. The van der Waals surface area contributed by atoms with Crippen LogP contribution in [-0.4, -0.2) is 41.9 Å². The minimum Gasteiger partial charge on any atom is -0.406 e. The van der Waals surface area contributed by atoms with Crippen molar-refractivity contribution in [2.24, 2.45) is 15.2 Å². The van der Waals surface area contributed by atoms with Gasteiger partial charge in [0.2, 0.25) is 5.91 Å². The number of hydrazine groups is 1. The lowest BCUT2D eigenvalue weighted by atomic mass is 10.0. The summed E-state index contributed by atoms with van der Waals surface area (Å²) in [6, 6.07) is 19.0. The zero-order chi connectivity index (χ0) is 28.3. The maximum absolute atomic E-state index is 12.7. The summed E-state index contributed by atoms with van der Waals surface area (Å²) in [5.74, 6) is 0.640. The van der Waals surface area contributed by atoms with Gasteiger partial charge in [-0.05, 0) is 54.3 Å². The third-order valence-electron chi connectivity index (χ3n) is 6.22. The van der Waals surface area contributed by atoms with Crippen LogP contribution in [0, 0.1) is 6.92 Å². The van der Waals surface area contributed by atoms with E-state index in [4.69, 9.17) is 0 Å². The van der Waals surface area contributed by atoms with Gasteiger partial charge in [-0.3, -0.25) is 20.1 Å². The zero-order valence-electron chi connectivity index (χ0n) is 21.6. The van der Waals surface area contributed by atoms with E-state index in [0.717, 1.165) is 34.4 Å². The molecule has 5 rings (SSSR count). The van der Waals surface area contributed by atoms with Gasteiger partial charge < -0.3 is 4.74 Å². The summed E-state index contributed by atoms with van der Waals surface area (Å²) < 4.78 is 41.1. The van der Waals surface area contributed by atoms with E-state index in [9.17, 15) is 18.0 Å². The molecule has 2 aliphatic heterocycles. The lowest BCUT2D eigenvalue weighted by Crippen LogP contribution is -2.36.